The van der Waals surface area contributed by atoms with Crippen molar-refractivity contribution in [3.63, 3.8) is 0 Å². The highest BCUT2D eigenvalue weighted by Crippen LogP contribution is 2.28. The molecule has 3 atom stereocenters. The molecule has 110 valence electrons. The molecule has 3 unspecified atom stereocenters. The Hall–Kier alpha value is -0.610. The summed E-state index contributed by atoms with van der Waals surface area (Å²) in [5.41, 5.74) is 0. The molecule has 2 fully saturated rings. The topological polar surface area (TPSA) is 41.6 Å². The van der Waals surface area contributed by atoms with Crippen LogP contribution in [0.25, 0.3) is 0 Å². The summed E-state index contributed by atoms with van der Waals surface area (Å²) in [6.07, 6.45) is 4.12. The van der Waals surface area contributed by atoms with Crippen LogP contribution in [0.3, 0.4) is 0 Å². The number of hydrogen-bond donors (Lipinski definition) is 1. The minimum atomic E-state index is -0.292. The average Bonchev–Trinajstić information content (AvgIpc) is 2.61. The zero-order valence-corrected chi connectivity index (χ0v) is 12.5. The van der Waals surface area contributed by atoms with Crippen molar-refractivity contribution in [2.45, 2.75) is 64.6 Å². The molecule has 19 heavy (non-hydrogen) atoms. The summed E-state index contributed by atoms with van der Waals surface area (Å²) in [7, 11) is 0. The first-order valence-corrected chi connectivity index (χ1v) is 7.74. The Morgan fingerprint density at radius 1 is 1.26 bits per heavy atom. The van der Waals surface area contributed by atoms with Crippen LogP contribution in [0.1, 0.15) is 46.5 Å². The van der Waals surface area contributed by atoms with Crippen molar-refractivity contribution < 1.29 is 9.53 Å². The van der Waals surface area contributed by atoms with Gasteiger partial charge in [-0.05, 0) is 45.1 Å². The van der Waals surface area contributed by atoms with Crippen molar-refractivity contribution in [1.82, 2.24) is 10.2 Å². The van der Waals surface area contributed by atoms with Gasteiger partial charge in [0.1, 0.15) is 6.10 Å². The van der Waals surface area contributed by atoms with Gasteiger partial charge in [-0.3, -0.25) is 4.79 Å². The van der Waals surface area contributed by atoms with Gasteiger partial charge in [-0.1, -0.05) is 13.8 Å². The minimum absolute atomic E-state index is 0.194. The minimum Gasteiger partial charge on any atom is -0.369 e. The molecule has 0 radical (unpaired) electrons. The van der Waals surface area contributed by atoms with Gasteiger partial charge in [0.25, 0.3) is 5.91 Å². The number of ether oxygens (including phenoxy) is 1. The number of fused-ring (bicyclic) bond motifs is 2. The highest BCUT2D eigenvalue weighted by Gasteiger charge is 2.39. The summed E-state index contributed by atoms with van der Waals surface area (Å²) in [6, 6.07) is 0.819. The van der Waals surface area contributed by atoms with Gasteiger partial charge >= 0.3 is 0 Å². The normalized spacial score (nSPS) is 28.5. The van der Waals surface area contributed by atoms with Gasteiger partial charge in [0.15, 0.2) is 0 Å². The van der Waals surface area contributed by atoms with Gasteiger partial charge in [-0.15, -0.1) is 0 Å². The van der Waals surface area contributed by atoms with Crippen LogP contribution >= 0.6 is 0 Å². The van der Waals surface area contributed by atoms with Crippen molar-refractivity contribution >= 4 is 5.91 Å². The maximum atomic E-state index is 12.6. The molecule has 4 heteroatoms. The van der Waals surface area contributed by atoms with E-state index in [-0.39, 0.29) is 12.0 Å². The van der Waals surface area contributed by atoms with Gasteiger partial charge in [0.2, 0.25) is 0 Å². The van der Waals surface area contributed by atoms with E-state index in [0.717, 1.165) is 38.8 Å². The molecule has 0 spiro atoms. The largest absolute Gasteiger partial charge is 0.369 e. The van der Waals surface area contributed by atoms with Crippen molar-refractivity contribution in [3.8, 4) is 0 Å². The third-order valence-electron chi connectivity index (χ3n) is 4.32. The lowest BCUT2D eigenvalue weighted by Crippen LogP contribution is -2.47. The number of carbonyl (C=O) groups excluding carboxylic acids is 1. The summed E-state index contributed by atoms with van der Waals surface area (Å²) in [5.74, 6) is 0.820. The van der Waals surface area contributed by atoms with E-state index < -0.39 is 0 Å². The third kappa shape index (κ3) is 3.69. The predicted molar refractivity (Wildman–Crippen MR) is 76.0 cm³/mol. The van der Waals surface area contributed by atoms with E-state index in [9.17, 15) is 4.79 Å². The summed E-state index contributed by atoms with van der Waals surface area (Å²) in [6.45, 7) is 8.92. The first-order chi connectivity index (χ1) is 9.09. The Morgan fingerprint density at radius 2 is 2.00 bits per heavy atom. The Bertz CT molecular complexity index is 293. The van der Waals surface area contributed by atoms with E-state index in [1.807, 2.05) is 6.92 Å². The second kappa shape index (κ2) is 6.71. The van der Waals surface area contributed by atoms with Crippen molar-refractivity contribution in [1.29, 1.82) is 0 Å². The monoisotopic (exact) mass is 268 g/mol. The third-order valence-corrected chi connectivity index (χ3v) is 4.32. The predicted octanol–water partition coefficient (Wildman–Crippen LogP) is 1.79. The maximum absolute atomic E-state index is 12.6. The molecule has 0 aromatic heterocycles. The first-order valence-electron chi connectivity index (χ1n) is 7.74. The van der Waals surface area contributed by atoms with E-state index in [4.69, 9.17) is 4.74 Å². The van der Waals surface area contributed by atoms with Gasteiger partial charge in [-0.25, -0.2) is 0 Å². The average molecular weight is 268 g/mol. The van der Waals surface area contributed by atoms with E-state index in [1.165, 1.54) is 0 Å². The van der Waals surface area contributed by atoms with Crippen LogP contribution in [0.5, 0.6) is 0 Å². The number of hydrogen-bond acceptors (Lipinski definition) is 3. The Balaban J connectivity index is 1.87. The summed E-state index contributed by atoms with van der Waals surface area (Å²) in [5, 5.41) is 3.43. The first kappa shape index (κ1) is 14.8. The van der Waals surface area contributed by atoms with Crippen LogP contribution in [0, 0.1) is 5.92 Å². The lowest BCUT2D eigenvalue weighted by atomic mass is 10.1. The molecule has 4 nitrogen and oxygen atoms in total. The Kier molecular flexibility index (Phi) is 5.22. The molecule has 2 saturated heterocycles. The van der Waals surface area contributed by atoms with Gasteiger partial charge in [0.05, 0.1) is 0 Å². The fourth-order valence-electron chi connectivity index (χ4n) is 3.10. The molecule has 2 heterocycles. The van der Waals surface area contributed by atoms with E-state index in [0.29, 0.717) is 24.6 Å². The lowest BCUT2D eigenvalue weighted by molar-refractivity contribution is -0.145. The molecule has 0 aromatic carbocycles. The lowest BCUT2D eigenvalue weighted by Gasteiger charge is -2.30. The smallest absolute Gasteiger partial charge is 0.251 e. The van der Waals surface area contributed by atoms with Gasteiger partial charge in [0, 0.05) is 25.2 Å². The molecule has 2 rings (SSSR count). The van der Waals surface area contributed by atoms with E-state index in [2.05, 4.69) is 24.1 Å². The molecule has 1 N–H and O–H groups in total. The van der Waals surface area contributed by atoms with E-state index in [1.54, 1.807) is 0 Å². The molecule has 2 aliphatic heterocycles. The highest BCUT2D eigenvalue weighted by molar-refractivity contribution is 5.81. The zero-order valence-electron chi connectivity index (χ0n) is 12.5. The summed E-state index contributed by atoms with van der Waals surface area (Å²) in [4.78, 5) is 14.7. The van der Waals surface area contributed by atoms with Crippen LogP contribution in [0.4, 0.5) is 0 Å². The van der Waals surface area contributed by atoms with Crippen LogP contribution in [-0.2, 0) is 9.53 Å². The highest BCUT2D eigenvalue weighted by atomic mass is 16.5. The van der Waals surface area contributed by atoms with Crippen LogP contribution in [-0.4, -0.2) is 48.7 Å². The standard InChI is InChI=1S/C15H28N2O2/c1-11(2)7-9-19-12(3)15(18)17-13-4-5-14(17)10-16-8-6-13/h11-14,16H,4-10H2,1-3H3. The second-order valence-electron chi connectivity index (χ2n) is 6.32. The maximum Gasteiger partial charge on any atom is 0.251 e. The number of nitrogens with one attached hydrogen (secondary N) is 1. The van der Waals surface area contributed by atoms with Crippen LogP contribution in [0.15, 0.2) is 0 Å². The number of amides is 1. The SMILES string of the molecule is CC(C)CCOC(C)C(=O)N1C2CCNCC1CC2. The molecule has 1 amide bonds. The zero-order chi connectivity index (χ0) is 13.8. The molecule has 0 aliphatic carbocycles. The van der Waals surface area contributed by atoms with Gasteiger partial charge < -0.3 is 15.0 Å². The number of rotatable bonds is 5. The summed E-state index contributed by atoms with van der Waals surface area (Å²) < 4.78 is 5.72. The molecule has 2 bridgehead atoms. The van der Waals surface area contributed by atoms with Crippen molar-refractivity contribution in [2.24, 2.45) is 5.92 Å². The second-order valence-corrected chi connectivity index (χ2v) is 6.32. The van der Waals surface area contributed by atoms with Gasteiger partial charge in [-0.2, -0.15) is 0 Å². The van der Waals surface area contributed by atoms with Crippen LogP contribution < -0.4 is 5.32 Å². The quantitative estimate of drug-likeness (QED) is 0.826. The Labute approximate surface area is 116 Å². The number of carbonyl (C=O) groups is 1. The van der Waals surface area contributed by atoms with Crippen molar-refractivity contribution in [2.75, 3.05) is 19.7 Å². The van der Waals surface area contributed by atoms with Crippen molar-refractivity contribution in [3.05, 3.63) is 0 Å². The molecule has 0 saturated carbocycles. The molecule has 2 aliphatic rings. The summed E-state index contributed by atoms with van der Waals surface area (Å²) >= 11 is 0. The number of nitrogens with zero attached hydrogens (tertiary/aromatic N) is 1. The van der Waals surface area contributed by atoms with E-state index >= 15 is 0 Å². The fraction of sp³-hybridized carbons (Fsp3) is 0.933. The molecule has 0 aromatic rings. The van der Waals surface area contributed by atoms with Crippen LogP contribution in [0.2, 0.25) is 0 Å². The fourth-order valence-corrected chi connectivity index (χ4v) is 3.10. The molecular weight excluding hydrogens is 240 g/mol. The molecular formula is C15H28N2O2. The Morgan fingerprint density at radius 3 is 2.74 bits per heavy atom.